The number of nitrogens with one attached hydrogen (secondary N) is 1. The zero-order valence-electron chi connectivity index (χ0n) is 13.3. The second-order valence-corrected chi connectivity index (χ2v) is 8.75. The molecule has 1 fully saturated rings. The molecular weight excluding hydrogens is 286 g/mol. The first kappa shape index (κ1) is 16.2. The Morgan fingerprint density at radius 1 is 1.40 bits per heavy atom. The molecule has 0 amide bonds. The molecule has 20 heavy (non-hydrogen) atoms. The van der Waals surface area contributed by atoms with Crippen LogP contribution in [0.15, 0.2) is 4.34 Å². The number of rotatable bonds is 5. The zero-order chi connectivity index (χ0) is 14.8. The van der Waals surface area contributed by atoms with Crippen LogP contribution in [0.4, 0.5) is 0 Å². The third kappa shape index (κ3) is 3.74. The predicted octanol–water partition coefficient (Wildman–Crippen LogP) is 4.13. The van der Waals surface area contributed by atoms with Gasteiger partial charge >= 0.3 is 0 Å². The largest absolute Gasteiger partial charge is 0.316 e. The lowest BCUT2D eigenvalue weighted by atomic mass is 9.68. The molecule has 3 atom stereocenters. The van der Waals surface area contributed by atoms with Crippen molar-refractivity contribution >= 4 is 23.3 Å². The first-order valence-corrected chi connectivity index (χ1v) is 9.25. The van der Waals surface area contributed by atoms with E-state index in [4.69, 9.17) is 0 Å². The molecule has 0 bridgehead atoms. The third-order valence-electron chi connectivity index (χ3n) is 4.94. The van der Waals surface area contributed by atoms with Crippen molar-refractivity contribution in [2.75, 3.05) is 7.05 Å². The van der Waals surface area contributed by atoms with Gasteiger partial charge in [0.1, 0.15) is 5.82 Å². The number of hydrogen-bond donors (Lipinski definition) is 1. The van der Waals surface area contributed by atoms with Gasteiger partial charge in [-0.3, -0.25) is 0 Å². The Morgan fingerprint density at radius 3 is 2.70 bits per heavy atom. The summed E-state index contributed by atoms with van der Waals surface area (Å²) in [5.74, 6) is 1.73. The Labute approximate surface area is 131 Å². The highest BCUT2D eigenvalue weighted by Gasteiger charge is 2.37. The molecule has 3 unspecified atom stereocenters. The van der Waals surface area contributed by atoms with Gasteiger partial charge in [-0.15, -0.1) is 0 Å². The zero-order valence-corrected chi connectivity index (χ0v) is 14.9. The van der Waals surface area contributed by atoms with Crippen LogP contribution in [0.3, 0.4) is 0 Å². The van der Waals surface area contributed by atoms with Crippen molar-refractivity contribution in [3.05, 3.63) is 5.82 Å². The van der Waals surface area contributed by atoms with Gasteiger partial charge in [-0.05, 0) is 56.1 Å². The normalized spacial score (nSPS) is 27.8. The fraction of sp³-hybridized carbons (Fsp3) is 0.867. The number of thioether (sulfide) groups is 1. The molecule has 0 aliphatic heterocycles. The summed E-state index contributed by atoms with van der Waals surface area (Å²) in [7, 11) is 2.09. The molecule has 1 aromatic rings. The summed E-state index contributed by atoms with van der Waals surface area (Å²) >= 11 is 3.48. The van der Waals surface area contributed by atoms with Crippen LogP contribution >= 0.6 is 23.3 Å². The van der Waals surface area contributed by atoms with Crippen molar-refractivity contribution in [3.8, 4) is 0 Å². The van der Waals surface area contributed by atoms with Gasteiger partial charge < -0.3 is 5.32 Å². The van der Waals surface area contributed by atoms with Crippen molar-refractivity contribution in [2.24, 2.45) is 11.3 Å². The molecule has 5 heteroatoms. The maximum atomic E-state index is 4.52. The van der Waals surface area contributed by atoms with Gasteiger partial charge in [0.05, 0.1) is 0 Å². The molecule has 1 aromatic heterocycles. The van der Waals surface area contributed by atoms with Gasteiger partial charge in [0, 0.05) is 11.3 Å². The van der Waals surface area contributed by atoms with Gasteiger partial charge in [-0.25, -0.2) is 4.98 Å². The van der Waals surface area contributed by atoms with Gasteiger partial charge in [-0.1, -0.05) is 39.0 Å². The summed E-state index contributed by atoms with van der Waals surface area (Å²) < 4.78 is 5.43. The second kappa shape index (κ2) is 6.75. The van der Waals surface area contributed by atoms with Gasteiger partial charge in [0.15, 0.2) is 4.34 Å². The standard InChI is InChI=1S/C15H27N3S2/c1-6-15(3,4)11-7-8-12(16-5)13(9-11)19-14-17-10(2)18-20-14/h11-13,16H,6-9H2,1-5H3. The molecule has 1 N–H and O–H groups in total. The monoisotopic (exact) mass is 313 g/mol. The molecule has 0 saturated heterocycles. The van der Waals surface area contributed by atoms with Crippen molar-refractivity contribution in [2.45, 2.75) is 69.0 Å². The van der Waals surface area contributed by atoms with Crippen LogP contribution < -0.4 is 5.32 Å². The Morgan fingerprint density at radius 2 is 2.15 bits per heavy atom. The average Bonchev–Trinajstić information content (AvgIpc) is 2.84. The van der Waals surface area contributed by atoms with E-state index in [2.05, 4.69) is 42.5 Å². The first-order valence-electron chi connectivity index (χ1n) is 7.60. The van der Waals surface area contributed by atoms with E-state index in [9.17, 15) is 0 Å². The van der Waals surface area contributed by atoms with E-state index >= 15 is 0 Å². The Kier molecular flexibility index (Phi) is 5.49. The highest BCUT2D eigenvalue weighted by Crippen LogP contribution is 2.45. The molecule has 2 rings (SSSR count). The fourth-order valence-electron chi connectivity index (χ4n) is 3.04. The van der Waals surface area contributed by atoms with Crippen molar-refractivity contribution in [3.63, 3.8) is 0 Å². The van der Waals surface area contributed by atoms with Gasteiger partial charge in [-0.2, -0.15) is 4.37 Å². The van der Waals surface area contributed by atoms with E-state index in [0.29, 0.717) is 16.7 Å². The molecule has 1 aliphatic rings. The molecule has 0 radical (unpaired) electrons. The predicted molar refractivity (Wildman–Crippen MR) is 88.6 cm³/mol. The topological polar surface area (TPSA) is 37.8 Å². The Hall–Kier alpha value is -0.130. The van der Waals surface area contributed by atoms with Gasteiger partial charge in [0.25, 0.3) is 0 Å². The second-order valence-electron chi connectivity index (χ2n) is 6.51. The first-order chi connectivity index (χ1) is 9.46. The number of aryl methyl sites for hydroxylation is 1. The van der Waals surface area contributed by atoms with Crippen LogP contribution in [0.1, 0.15) is 52.3 Å². The van der Waals surface area contributed by atoms with Crippen molar-refractivity contribution in [1.82, 2.24) is 14.7 Å². The molecule has 0 aromatic carbocycles. The highest BCUT2D eigenvalue weighted by molar-refractivity contribution is 8.01. The average molecular weight is 314 g/mol. The number of nitrogens with zero attached hydrogens (tertiary/aromatic N) is 2. The van der Waals surface area contributed by atoms with Crippen LogP contribution in [-0.4, -0.2) is 27.7 Å². The fourth-order valence-corrected chi connectivity index (χ4v) is 5.33. The number of hydrogen-bond acceptors (Lipinski definition) is 5. The minimum Gasteiger partial charge on any atom is -0.316 e. The van der Waals surface area contributed by atoms with E-state index in [1.54, 1.807) is 11.5 Å². The molecular formula is C15H27N3S2. The van der Waals surface area contributed by atoms with Crippen molar-refractivity contribution < 1.29 is 0 Å². The van der Waals surface area contributed by atoms with Crippen LogP contribution in [-0.2, 0) is 0 Å². The molecule has 3 nitrogen and oxygen atoms in total. The Balaban J connectivity index is 2.06. The van der Waals surface area contributed by atoms with Crippen LogP contribution in [0.2, 0.25) is 0 Å². The minimum absolute atomic E-state index is 0.453. The lowest BCUT2D eigenvalue weighted by Gasteiger charge is -2.42. The Bertz CT molecular complexity index is 431. The smallest absolute Gasteiger partial charge is 0.170 e. The summed E-state index contributed by atoms with van der Waals surface area (Å²) in [6.45, 7) is 9.14. The lowest BCUT2D eigenvalue weighted by molar-refractivity contribution is 0.142. The van der Waals surface area contributed by atoms with Crippen LogP contribution in [0.5, 0.6) is 0 Å². The van der Waals surface area contributed by atoms with E-state index in [-0.39, 0.29) is 0 Å². The summed E-state index contributed by atoms with van der Waals surface area (Å²) in [6, 6.07) is 0.605. The summed E-state index contributed by atoms with van der Waals surface area (Å²) in [5, 5.41) is 4.13. The van der Waals surface area contributed by atoms with Gasteiger partial charge in [0.2, 0.25) is 0 Å². The molecule has 1 aliphatic carbocycles. The van der Waals surface area contributed by atoms with E-state index in [1.807, 2.05) is 18.7 Å². The van der Waals surface area contributed by atoms with E-state index in [0.717, 1.165) is 16.1 Å². The summed E-state index contributed by atoms with van der Waals surface area (Å²) in [4.78, 5) is 4.52. The maximum absolute atomic E-state index is 4.52. The summed E-state index contributed by atoms with van der Waals surface area (Å²) in [5.41, 5.74) is 0.453. The molecule has 114 valence electrons. The quantitative estimate of drug-likeness (QED) is 0.887. The minimum atomic E-state index is 0.453. The third-order valence-corrected chi connectivity index (χ3v) is 7.17. The number of aromatic nitrogens is 2. The molecule has 1 heterocycles. The molecule has 0 spiro atoms. The van der Waals surface area contributed by atoms with Crippen LogP contribution in [0, 0.1) is 18.3 Å². The maximum Gasteiger partial charge on any atom is 0.170 e. The lowest BCUT2D eigenvalue weighted by Crippen LogP contribution is -2.43. The summed E-state index contributed by atoms with van der Waals surface area (Å²) in [6.07, 6.45) is 5.17. The SMILES string of the molecule is CCC(C)(C)C1CCC(NC)C(Sc2nc(C)ns2)C1. The highest BCUT2D eigenvalue weighted by atomic mass is 32.2. The van der Waals surface area contributed by atoms with E-state index in [1.165, 1.54) is 25.7 Å². The van der Waals surface area contributed by atoms with E-state index < -0.39 is 0 Å². The van der Waals surface area contributed by atoms with Crippen molar-refractivity contribution in [1.29, 1.82) is 0 Å². The molecule has 1 saturated carbocycles. The van der Waals surface area contributed by atoms with Crippen LogP contribution in [0.25, 0.3) is 0 Å².